The van der Waals surface area contributed by atoms with Gasteiger partial charge in [-0.3, -0.25) is 0 Å². The molecule has 0 aliphatic rings. The molecule has 0 amide bonds. The SMILES string of the molecule is COc1ccc(/C(=C/OS(=O)(=O)c2ccc(C)cc2)[Se]c2ccccc2)cc1OC. The predicted octanol–water partition coefficient (Wildman–Crippen LogP) is 3.75. The molecule has 0 radical (unpaired) electrons. The van der Waals surface area contributed by atoms with Crippen LogP contribution < -0.4 is 13.9 Å². The summed E-state index contributed by atoms with van der Waals surface area (Å²) < 4.78 is 43.2. The van der Waals surface area contributed by atoms with Gasteiger partial charge in [-0.05, 0) is 0 Å². The molecule has 0 saturated heterocycles. The Morgan fingerprint density at radius 3 is 2.17 bits per heavy atom. The van der Waals surface area contributed by atoms with Gasteiger partial charge in [-0.2, -0.15) is 0 Å². The van der Waals surface area contributed by atoms with Crippen molar-refractivity contribution in [2.24, 2.45) is 0 Å². The molecule has 3 rings (SSSR count). The van der Waals surface area contributed by atoms with Crippen LogP contribution in [0.1, 0.15) is 11.1 Å². The van der Waals surface area contributed by atoms with Gasteiger partial charge in [0.25, 0.3) is 0 Å². The summed E-state index contributed by atoms with van der Waals surface area (Å²) in [6.45, 7) is 1.90. The zero-order valence-corrected chi connectivity index (χ0v) is 19.4. The zero-order valence-electron chi connectivity index (χ0n) is 16.9. The van der Waals surface area contributed by atoms with Crippen LogP contribution in [0.5, 0.6) is 11.5 Å². The molecular formula is C23H22O5SSe. The topological polar surface area (TPSA) is 61.8 Å². The van der Waals surface area contributed by atoms with Crippen LogP contribution in [-0.4, -0.2) is 37.6 Å². The fourth-order valence-corrected chi connectivity index (χ4v) is 5.43. The van der Waals surface area contributed by atoms with E-state index in [0.29, 0.717) is 11.5 Å². The third kappa shape index (κ3) is 5.45. The van der Waals surface area contributed by atoms with Gasteiger partial charge in [0.05, 0.1) is 0 Å². The molecule has 0 fully saturated rings. The van der Waals surface area contributed by atoms with Gasteiger partial charge in [-0.15, -0.1) is 0 Å². The first-order valence-corrected chi connectivity index (χ1v) is 12.2. The van der Waals surface area contributed by atoms with E-state index in [-0.39, 0.29) is 19.9 Å². The Hall–Kier alpha value is -2.73. The van der Waals surface area contributed by atoms with Crippen molar-refractivity contribution in [1.82, 2.24) is 0 Å². The standard InChI is InChI=1S/C23H22O5SSe/c1-17-9-12-19(13-10-17)29(24,25)28-16-23(30-20-7-5-4-6-8-20)18-11-14-21(26-2)22(15-18)27-3/h4-16H,1-3H3/b23-16-. The van der Waals surface area contributed by atoms with Crippen LogP contribution in [0.4, 0.5) is 0 Å². The minimum atomic E-state index is -3.92. The molecule has 0 heterocycles. The summed E-state index contributed by atoms with van der Waals surface area (Å²) in [7, 11) is -0.793. The molecule has 30 heavy (non-hydrogen) atoms. The van der Waals surface area contributed by atoms with Gasteiger partial charge < -0.3 is 0 Å². The Kier molecular flexibility index (Phi) is 7.21. The average Bonchev–Trinajstić information content (AvgIpc) is 2.77. The van der Waals surface area contributed by atoms with Crippen LogP contribution in [0, 0.1) is 6.92 Å². The molecule has 156 valence electrons. The molecular weight excluding hydrogens is 467 g/mol. The summed E-state index contributed by atoms with van der Waals surface area (Å²) in [5.41, 5.74) is 1.78. The number of ether oxygens (including phenoxy) is 2. The summed E-state index contributed by atoms with van der Waals surface area (Å²) in [6, 6.07) is 21.9. The van der Waals surface area contributed by atoms with E-state index < -0.39 is 10.1 Å². The second-order valence-electron chi connectivity index (χ2n) is 6.33. The molecule has 3 aromatic carbocycles. The van der Waals surface area contributed by atoms with Crippen molar-refractivity contribution in [2.45, 2.75) is 11.8 Å². The molecule has 0 spiro atoms. The van der Waals surface area contributed by atoms with E-state index in [1.807, 2.05) is 49.4 Å². The van der Waals surface area contributed by atoms with Crippen LogP contribution in [0.2, 0.25) is 0 Å². The maximum absolute atomic E-state index is 12.7. The van der Waals surface area contributed by atoms with Gasteiger partial charge in [0.1, 0.15) is 0 Å². The van der Waals surface area contributed by atoms with Gasteiger partial charge >= 0.3 is 184 Å². The second-order valence-corrected chi connectivity index (χ2v) is 10.2. The fourth-order valence-electron chi connectivity index (χ4n) is 2.62. The first-order chi connectivity index (χ1) is 14.4. The molecule has 0 aliphatic carbocycles. The normalized spacial score (nSPS) is 11.8. The summed E-state index contributed by atoms with van der Waals surface area (Å²) in [4.78, 5) is 0.114. The van der Waals surface area contributed by atoms with Crippen molar-refractivity contribution in [3.05, 3.63) is 90.2 Å². The number of methoxy groups -OCH3 is 2. The monoisotopic (exact) mass is 490 g/mol. The van der Waals surface area contributed by atoms with Crippen molar-refractivity contribution in [1.29, 1.82) is 0 Å². The first-order valence-electron chi connectivity index (χ1n) is 9.08. The fraction of sp³-hybridized carbons (Fsp3) is 0.130. The van der Waals surface area contributed by atoms with E-state index in [4.69, 9.17) is 13.7 Å². The van der Waals surface area contributed by atoms with Crippen molar-refractivity contribution < 1.29 is 22.1 Å². The van der Waals surface area contributed by atoms with Crippen molar-refractivity contribution in [3.63, 3.8) is 0 Å². The van der Waals surface area contributed by atoms with Gasteiger partial charge in [0.15, 0.2) is 0 Å². The summed E-state index contributed by atoms with van der Waals surface area (Å²) >= 11 is -0.191. The molecule has 0 aromatic heterocycles. The third-order valence-corrected chi connectivity index (χ3v) is 7.65. The molecule has 0 N–H and O–H groups in total. The molecule has 0 atom stereocenters. The zero-order chi connectivity index (χ0) is 21.6. The predicted molar refractivity (Wildman–Crippen MR) is 119 cm³/mol. The molecule has 0 bridgehead atoms. The van der Waals surface area contributed by atoms with Gasteiger partial charge in [-0.1, -0.05) is 0 Å². The Morgan fingerprint density at radius 2 is 1.53 bits per heavy atom. The van der Waals surface area contributed by atoms with Gasteiger partial charge in [-0.25, -0.2) is 0 Å². The van der Waals surface area contributed by atoms with Crippen LogP contribution in [-0.2, 0) is 14.3 Å². The Bertz CT molecular complexity index is 1120. The quantitative estimate of drug-likeness (QED) is 0.274. The summed E-state index contributed by atoms with van der Waals surface area (Å²) in [6.07, 6.45) is 1.32. The van der Waals surface area contributed by atoms with Crippen LogP contribution >= 0.6 is 0 Å². The van der Waals surface area contributed by atoms with E-state index in [1.54, 1.807) is 32.4 Å². The van der Waals surface area contributed by atoms with Crippen molar-refractivity contribution >= 4 is 34.0 Å². The van der Waals surface area contributed by atoms with E-state index in [0.717, 1.165) is 20.1 Å². The third-order valence-electron chi connectivity index (χ3n) is 4.23. The van der Waals surface area contributed by atoms with Crippen LogP contribution in [0.25, 0.3) is 4.47 Å². The number of hydrogen-bond acceptors (Lipinski definition) is 5. The summed E-state index contributed by atoms with van der Waals surface area (Å²) in [5.74, 6) is 1.16. The van der Waals surface area contributed by atoms with Gasteiger partial charge in [0, 0.05) is 0 Å². The van der Waals surface area contributed by atoms with Gasteiger partial charge in [0.2, 0.25) is 0 Å². The minimum absolute atomic E-state index is 0.114. The number of aryl methyl sites for hydroxylation is 1. The number of benzene rings is 3. The van der Waals surface area contributed by atoms with E-state index in [1.165, 1.54) is 18.4 Å². The van der Waals surface area contributed by atoms with Crippen molar-refractivity contribution in [2.75, 3.05) is 14.2 Å². The van der Waals surface area contributed by atoms with E-state index in [2.05, 4.69) is 0 Å². The molecule has 0 saturated carbocycles. The molecule has 7 heteroatoms. The Balaban J connectivity index is 1.98. The molecule has 0 aliphatic heterocycles. The van der Waals surface area contributed by atoms with Crippen LogP contribution in [0.3, 0.4) is 0 Å². The molecule has 5 nitrogen and oxygen atoms in total. The first kappa shape index (κ1) is 22.0. The van der Waals surface area contributed by atoms with E-state index in [9.17, 15) is 8.42 Å². The van der Waals surface area contributed by atoms with Crippen LogP contribution in [0.15, 0.2) is 84.0 Å². The van der Waals surface area contributed by atoms with E-state index >= 15 is 0 Å². The number of rotatable bonds is 8. The number of hydrogen-bond donors (Lipinski definition) is 0. The Morgan fingerprint density at radius 1 is 0.867 bits per heavy atom. The Labute approximate surface area is 183 Å². The molecule has 0 unspecified atom stereocenters. The molecule has 3 aromatic rings. The second kappa shape index (κ2) is 9.85. The van der Waals surface area contributed by atoms with Crippen molar-refractivity contribution in [3.8, 4) is 11.5 Å². The average molecular weight is 489 g/mol. The maximum atomic E-state index is 12.7. The summed E-state index contributed by atoms with van der Waals surface area (Å²) in [5, 5.41) is 0.